The molecular formula is C14H19BrCl2N2O2S. The lowest BCUT2D eigenvalue weighted by Gasteiger charge is -2.33. The average molecular weight is 430 g/mol. The normalized spacial score (nSPS) is 21.7. The smallest absolute Gasteiger partial charge is 0.245 e. The van der Waals surface area contributed by atoms with Crippen LogP contribution in [-0.2, 0) is 10.0 Å². The van der Waals surface area contributed by atoms with Gasteiger partial charge in [-0.3, -0.25) is 0 Å². The number of nitrogens with zero attached hydrogens (tertiary/aromatic N) is 1. The first-order valence-electron chi connectivity index (χ1n) is 7.10. The van der Waals surface area contributed by atoms with E-state index >= 15 is 0 Å². The number of piperidine rings is 1. The van der Waals surface area contributed by atoms with Gasteiger partial charge in [0.2, 0.25) is 10.0 Å². The first kappa shape index (κ1) is 18.5. The SMILES string of the molecule is Cl.O=S(=O)(c1c(Cl)cccc1Br)N1CCC2(CCNCC2)C1. The van der Waals surface area contributed by atoms with E-state index in [1.807, 2.05) is 0 Å². The Morgan fingerprint density at radius 3 is 2.55 bits per heavy atom. The summed E-state index contributed by atoms with van der Waals surface area (Å²) in [5.41, 5.74) is 0.145. The van der Waals surface area contributed by atoms with Crippen LogP contribution in [0, 0.1) is 5.41 Å². The fraction of sp³-hybridized carbons (Fsp3) is 0.571. The van der Waals surface area contributed by atoms with Crippen LogP contribution in [0.2, 0.25) is 5.02 Å². The number of sulfonamides is 1. The fourth-order valence-electron chi connectivity index (χ4n) is 3.32. The zero-order chi connectivity index (χ0) is 15.1. The Labute approximate surface area is 151 Å². The molecular weight excluding hydrogens is 411 g/mol. The highest BCUT2D eigenvalue weighted by Crippen LogP contribution is 2.42. The van der Waals surface area contributed by atoms with Crippen LogP contribution < -0.4 is 5.32 Å². The lowest BCUT2D eigenvalue weighted by molar-refractivity contribution is 0.218. The summed E-state index contributed by atoms with van der Waals surface area (Å²) >= 11 is 9.44. The fourth-order valence-corrected chi connectivity index (χ4v) is 6.55. The third-order valence-corrected chi connectivity index (χ3v) is 7.88. The lowest BCUT2D eigenvalue weighted by Crippen LogP contribution is -2.39. The van der Waals surface area contributed by atoms with E-state index < -0.39 is 10.0 Å². The van der Waals surface area contributed by atoms with Gasteiger partial charge in [-0.05, 0) is 65.8 Å². The highest BCUT2D eigenvalue weighted by molar-refractivity contribution is 9.10. The molecule has 8 heteroatoms. The van der Waals surface area contributed by atoms with E-state index in [0.29, 0.717) is 17.6 Å². The van der Waals surface area contributed by atoms with Crippen molar-refractivity contribution in [1.29, 1.82) is 0 Å². The summed E-state index contributed by atoms with van der Waals surface area (Å²) in [6.45, 7) is 3.14. The van der Waals surface area contributed by atoms with Crippen molar-refractivity contribution >= 4 is 50.0 Å². The molecule has 0 saturated carbocycles. The summed E-state index contributed by atoms with van der Waals surface area (Å²) in [5.74, 6) is 0. The molecule has 0 aliphatic carbocycles. The Morgan fingerprint density at radius 2 is 1.91 bits per heavy atom. The minimum absolute atomic E-state index is 0. The molecule has 22 heavy (non-hydrogen) atoms. The molecule has 2 heterocycles. The van der Waals surface area contributed by atoms with Crippen molar-refractivity contribution in [3.05, 3.63) is 27.7 Å². The Hall–Kier alpha value is 0.150. The largest absolute Gasteiger partial charge is 0.317 e. The number of rotatable bonds is 2. The summed E-state index contributed by atoms with van der Waals surface area (Å²) in [4.78, 5) is 0.192. The minimum Gasteiger partial charge on any atom is -0.317 e. The van der Waals surface area contributed by atoms with Gasteiger partial charge >= 0.3 is 0 Å². The summed E-state index contributed by atoms with van der Waals surface area (Å²) in [7, 11) is -3.54. The number of hydrogen-bond acceptors (Lipinski definition) is 3. The molecule has 0 amide bonds. The predicted octanol–water partition coefficient (Wildman–Crippen LogP) is 3.29. The van der Waals surface area contributed by atoms with Crippen molar-refractivity contribution in [2.45, 2.75) is 24.2 Å². The second-order valence-corrected chi connectivity index (χ2v) is 9.03. The molecule has 2 fully saturated rings. The van der Waals surface area contributed by atoms with Gasteiger partial charge in [0, 0.05) is 17.6 Å². The first-order chi connectivity index (χ1) is 9.95. The molecule has 0 atom stereocenters. The number of benzene rings is 1. The predicted molar refractivity (Wildman–Crippen MR) is 94.3 cm³/mol. The number of nitrogens with one attached hydrogen (secondary N) is 1. The summed E-state index contributed by atoms with van der Waals surface area (Å²) in [6.07, 6.45) is 3.03. The summed E-state index contributed by atoms with van der Waals surface area (Å²) in [5, 5.41) is 3.62. The van der Waals surface area contributed by atoms with Crippen molar-refractivity contribution in [3.63, 3.8) is 0 Å². The van der Waals surface area contributed by atoms with Crippen LogP contribution in [-0.4, -0.2) is 38.9 Å². The van der Waals surface area contributed by atoms with Gasteiger partial charge in [-0.25, -0.2) is 8.42 Å². The van der Waals surface area contributed by atoms with Gasteiger partial charge in [0.15, 0.2) is 0 Å². The molecule has 3 rings (SSSR count). The van der Waals surface area contributed by atoms with E-state index in [9.17, 15) is 8.42 Å². The van der Waals surface area contributed by atoms with E-state index in [-0.39, 0.29) is 27.7 Å². The lowest BCUT2D eigenvalue weighted by atomic mass is 9.78. The highest BCUT2D eigenvalue weighted by Gasteiger charge is 2.44. The minimum atomic E-state index is -3.54. The van der Waals surface area contributed by atoms with Crippen LogP contribution in [0.5, 0.6) is 0 Å². The van der Waals surface area contributed by atoms with Gasteiger partial charge < -0.3 is 5.32 Å². The number of halogens is 3. The maximum atomic E-state index is 12.9. The molecule has 2 aliphatic heterocycles. The highest BCUT2D eigenvalue weighted by atomic mass is 79.9. The molecule has 1 N–H and O–H groups in total. The van der Waals surface area contributed by atoms with Crippen LogP contribution in [0.15, 0.2) is 27.6 Å². The molecule has 2 aliphatic rings. The van der Waals surface area contributed by atoms with Gasteiger partial charge in [-0.15, -0.1) is 12.4 Å². The third kappa shape index (κ3) is 3.32. The van der Waals surface area contributed by atoms with E-state index in [0.717, 1.165) is 32.4 Å². The average Bonchev–Trinajstić information content (AvgIpc) is 2.84. The van der Waals surface area contributed by atoms with E-state index in [4.69, 9.17) is 11.6 Å². The van der Waals surface area contributed by atoms with Crippen LogP contribution >= 0.6 is 39.9 Å². The van der Waals surface area contributed by atoms with Crippen LogP contribution in [0.4, 0.5) is 0 Å². The zero-order valence-electron chi connectivity index (χ0n) is 12.0. The maximum Gasteiger partial charge on any atom is 0.245 e. The van der Waals surface area contributed by atoms with Gasteiger partial charge in [0.1, 0.15) is 4.90 Å². The standard InChI is InChI=1S/C14H18BrClN2O2S.ClH/c15-11-2-1-3-12(16)13(11)21(19,20)18-9-6-14(10-18)4-7-17-8-5-14;/h1-3,17H,4-10H2;1H. The second-order valence-electron chi connectivity index (χ2n) is 5.89. The first-order valence-corrected chi connectivity index (χ1v) is 9.71. The maximum absolute atomic E-state index is 12.9. The molecule has 2 saturated heterocycles. The van der Waals surface area contributed by atoms with Crippen molar-refractivity contribution in [3.8, 4) is 0 Å². The quantitative estimate of drug-likeness (QED) is 0.784. The Balaban J connectivity index is 0.00000176. The van der Waals surface area contributed by atoms with Gasteiger partial charge in [-0.1, -0.05) is 17.7 Å². The van der Waals surface area contributed by atoms with E-state index in [1.165, 1.54) is 0 Å². The second kappa shape index (κ2) is 6.95. The Morgan fingerprint density at radius 1 is 1.23 bits per heavy atom. The van der Waals surface area contributed by atoms with Gasteiger partial charge in [-0.2, -0.15) is 4.31 Å². The van der Waals surface area contributed by atoms with E-state index in [1.54, 1.807) is 22.5 Å². The molecule has 1 spiro atoms. The monoisotopic (exact) mass is 428 g/mol. The number of hydrogen-bond donors (Lipinski definition) is 1. The van der Waals surface area contributed by atoms with E-state index in [2.05, 4.69) is 21.2 Å². The molecule has 0 unspecified atom stereocenters. The molecule has 0 aromatic heterocycles. The Kier molecular flexibility index (Phi) is 5.84. The molecule has 0 radical (unpaired) electrons. The third-order valence-electron chi connectivity index (χ3n) is 4.58. The Bertz CT molecular complexity index is 628. The molecule has 1 aromatic rings. The molecule has 1 aromatic carbocycles. The summed E-state index contributed by atoms with van der Waals surface area (Å²) < 4.78 is 27.9. The van der Waals surface area contributed by atoms with Gasteiger partial charge in [0.25, 0.3) is 0 Å². The van der Waals surface area contributed by atoms with Gasteiger partial charge in [0.05, 0.1) is 5.02 Å². The zero-order valence-corrected chi connectivity index (χ0v) is 16.0. The van der Waals surface area contributed by atoms with Crippen LogP contribution in [0.1, 0.15) is 19.3 Å². The molecule has 0 bridgehead atoms. The van der Waals surface area contributed by atoms with Crippen molar-refractivity contribution in [1.82, 2.24) is 9.62 Å². The summed E-state index contributed by atoms with van der Waals surface area (Å²) in [6, 6.07) is 5.08. The van der Waals surface area contributed by atoms with Crippen LogP contribution in [0.25, 0.3) is 0 Å². The van der Waals surface area contributed by atoms with Crippen molar-refractivity contribution < 1.29 is 8.42 Å². The van der Waals surface area contributed by atoms with Crippen LogP contribution in [0.3, 0.4) is 0 Å². The van der Waals surface area contributed by atoms with Crippen molar-refractivity contribution in [2.75, 3.05) is 26.2 Å². The molecule has 4 nitrogen and oxygen atoms in total. The van der Waals surface area contributed by atoms with Crippen molar-refractivity contribution in [2.24, 2.45) is 5.41 Å². The topological polar surface area (TPSA) is 49.4 Å². The molecule has 124 valence electrons.